The highest BCUT2D eigenvalue weighted by Crippen LogP contribution is 1.98. The van der Waals surface area contributed by atoms with Gasteiger partial charge in [-0.05, 0) is 32.0 Å². The second-order valence-electron chi connectivity index (χ2n) is 3.65. The van der Waals surface area contributed by atoms with Crippen molar-refractivity contribution in [3.8, 4) is 0 Å². The summed E-state index contributed by atoms with van der Waals surface area (Å²) in [6.45, 7) is 3.42. The van der Waals surface area contributed by atoms with Gasteiger partial charge in [-0.3, -0.25) is 14.7 Å². The molecule has 16 heavy (non-hydrogen) atoms. The summed E-state index contributed by atoms with van der Waals surface area (Å²) < 4.78 is 4.87. The molecule has 0 aromatic carbocycles. The average Bonchev–Trinajstić information content (AvgIpc) is 2.28. The molecule has 0 saturated heterocycles. The molecule has 1 aromatic heterocycles. The summed E-state index contributed by atoms with van der Waals surface area (Å²) in [6.07, 6.45) is 4.49. The minimum Gasteiger partial charge on any atom is -0.465 e. The molecule has 0 amide bonds. The first kappa shape index (κ1) is 12.6. The molecule has 0 aliphatic rings. The van der Waals surface area contributed by atoms with Crippen LogP contribution < -0.4 is 0 Å². The number of pyridine rings is 1. The zero-order valence-electron chi connectivity index (χ0n) is 9.85. The van der Waals surface area contributed by atoms with Gasteiger partial charge in [0.05, 0.1) is 13.2 Å². The van der Waals surface area contributed by atoms with E-state index < -0.39 is 0 Å². The van der Waals surface area contributed by atoms with Crippen LogP contribution in [0.5, 0.6) is 0 Å². The summed E-state index contributed by atoms with van der Waals surface area (Å²) >= 11 is 0. The Kier molecular flexibility index (Phi) is 5.50. The molecule has 1 heterocycles. The summed E-state index contributed by atoms with van der Waals surface area (Å²) in [5, 5.41) is 0. The third kappa shape index (κ3) is 4.89. The summed E-state index contributed by atoms with van der Waals surface area (Å²) in [5.41, 5.74) is 1.18. The van der Waals surface area contributed by atoms with E-state index in [1.165, 1.54) is 5.56 Å². The highest BCUT2D eigenvalue weighted by Gasteiger charge is 2.06. The highest BCUT2D eigenvalue weighted by atomic mass is 16.5. The molecule has 4 heteroatoms. The van der Waals surface area contributed by atoms with Gasteiger partial charge in [0.1, 0.15) is 0 Å². The quantitative estimate of drug-likeness (QED) is 0.676. The maximum Gasteiger partial charge on any atom is 0.320 e. The van der Waals surface area contributed by atoms with Crippen molar-refractivity contribution in [2.75, 3.05) is 26.7 Å². The highest BCUT2D eigenvalue weighted by molar-refractivity contribution is 5.71. The van der Waals surface area contributed by atoms with Gasteiger partial charge in [-0.25, -0.2) is 0 Å². The summed E-state index contributed by atoms with van der Waals surface area (Å²) in [6, 6.07) is 3.95. The van der Waals surface area contributed by atoms with E-state index in [4.69, 9.17) is 4.74 Å². The summed E-state index contributed by atoms with van der Waals surface area (Å²) in [7, 11) is 1.91. The summed E-state index contributed by atoms with van der Waals surface area (Å²) in [4.78, 5) is 17.2. The molecule has 88 valence electrons. The molecule has 0 radical (unpaired) electrons. The number of likely N-dealkylation sites (N-methyl/N-ethyl adjacent to an activating group) is 1. The lowest BCUT2D eigenvalue weighted by molar-refractivity contribution is -0.144. The van der Waals surface area contributed by atoms with Gasteiger partial charge in [-0.1, -0.05) is 6.07 Å². The molecular weight excluding hydrogens is 204 g/mol. The van der Waals surface area contributed by atoms with Crippen molar-refractivity contribution in [1.29, 1.82) is 0 Å². The minimum absolute atomic E-state index is 0.170. The number of aromatic nitrogens is 1. The van der Waals surface area contributed by atoms with E-state index in [1.807, 2.05) is 37.2 Å². The van der Waals surface area contributed by atoms with Crippen LogP contribution in [0.15, 0.2) is 24.5 Å². The molecule has 0 saturated carbocycles. The number of hydrogen-bond acceptors (Lipinski definition) is 4. The zero-order chi connectivity index (χ0) is 11.8. The average molecular weight is 222 g/mol. The Morgan fingerprint density at radius 2 is 2.38 bits per heavy atom. The van der Waals surface area contributed by atoms with Gasteiger partial charge in [0.15, 0.2) is 0 Å². The zero-order valence-corrected chi connectivity index (χ0v) is 9.85. The fraction of sp³-hybridized carbons (Fsp3) is 0.500. The molecule has 0 spiro atoms. The van der Waals surface area contributed by atoms with E-state index in [0.29, 0.717) is 13.2 Å². The molecule has 1 rings (SSSR count). The van der Waals surface area contributed by atoms with E-state index in [0.717, 1.165) is 13.0 Å². The maximum absolute atomic E-state index is 11.2. The van der Waals surface area contributed by atoms with E-state index in [-0.39, 0.29) is 5.97 Å². The van der Waals surface area contributed by atoms with Crippen molar-refractivity contribution in [2.45, 2.75) is 13.3 Å². The molecular formula is C12H18N2O2. The van der Waals surface area contributed by atoms with Crippen LogP contribution in [-0.4, -0.2) is 42.6 Å². The standard InChI is InChI=1S/C12H18N2O2/c1-3-16-12(15)10-14(2)8-6-11-5-4-7-13-9-11/h4-5,7,9H,3,6,8,10H2,1-2H3. The first-order chi connectivity index (χ1) is 7.72. The fourth-order valence-electron chi connectivity index (χ4n) is 1.37. The van der Waals surface area contributed by atoms with Crippen molar-refractivity contribution >= 4 is 5.97 Å². The van der Waals surface area contributed by atoms with Crippen molar-refractivity contribution in [2.24, 2.45) is 0 Å². The van der Waals surface area contributed by atoms with Gasteiger partial charge in [0, 0.05) is 18.9 Å². The number of ether oxygens (including phenoxy) is 1. The van der Waals surface area contributed by atoms with Crippen molar-refractivity contribution in [3.05, 3.63) is 30.1 Å². The SMILES string of the molecule is CCOC(=O)CN(C)CCc1cccnc1. The van der Waals surface area contributed by atoms with Crippen LogP contribution >= 0.6 is 0 Å². The van der Waals surface area contributed by atoms with Crippen LogP contribution in [0, 0.1) is 0 Å². The minimum atomic E-state index is -0.170. The first-order valence-electron chi connectivity index (χ1n) is 5.45. The predicted molar refractivity (Wildman–Crippen MR) is 62.1 cm³/mol. The van der Waals surface area contributed by atoms with Gasteiger partial charge >= 0.3 is 5.97 Å². The fourth-order valence-corrected chi connectivity index (χ4v) is 1.37. The molecule has 1 aromatic rings. The lowest BCUT2D eigenvalue weighted by Gasteiger charge is -2.15. The normalized spacial score (nSPS) is 10.4. The van der Waals surface area contributed by atoms with Gasteiger partial charge in [0.25, 0.3) is 0 Å². The molecule has 0 unspecified atom stereocenters. The van der Waals surface area contributed by atoms with Crippen LogP contribution in [0.4, 0.5) is 0 Å². The number of rotatable bonds is 6. The Morgan fingerprint density at radius 3 is 3.00 bits per heavy atom. The van der Waals surface area contributed by atoms with Crippen LogP contribution in [0.2, 0.25) is 0 Å². The number of hydrogen-bond donors (Lipinski definition) is 0. The number of carbonyl (C=O) groups excluding carboxylic acids is 1. The van der Waals surface area contributed by atoms with Crippen molar-refractivity contribution < 1.29 is 9.53 Å². The van der Waals surface area contributed by atoms with Crippen molar-refractivity contribution in [1.82, 2.24) is 9.88 Å². The van der Waals surface area contributed by atoms with Crippen LogP contribution in [0.25, 0.3) is 0 Å². The van der Waals surface area contributed by atoms with Gasteiger partial charge < -0.3 is 4.74 Å². The van der Waals surface area contributed by atoms with E-state index in [2.05, 4.69) is 4.98 Å². The van der Waals surface area contributed by atoms with Gasteiger partial charge in [0.2, 0.25) is 0 Å². The largest absolute Gasteiger partial charge is 0.465 e. The molecule has 0 aliphatic carbocycles. The Morgan fingerprint density at radius 1 is 1.56 bits per heavy atom. The summed E-state index contributed by atoms with van der Waals surface area (Å²) in [5.74, 6) is -0.170. The Labute approximate surface area is 96.2 Å². The molecule has 0 N–H and O–H groups in total. The third-order valence-corrected chi connectivity index (χ3v) is 2.21. The molecule has 0 fully saturated rings. The van der Waals surface area contributed by atoms with Crippen LogP contribution in [0.1, 0.15) is 12.5 Å². The Bertz CT molecular complexity index is 314. The smallest absolute Gasteiger partial charge is 0.320 e. The van der Waals surface area contributed by atoms with E-state index >= 15 is 0 Å². The molecule has 4 nitrogen and oxygen atoms in total. The third-order valence-electron chi connectivity index (χ3n) is 2.21. The number of esters is 1. The predicted octanol–water partition coefficient (Wildman–Crippen LogP) is 1.12. The lowest BCUT2D eigenvalue weighted by Crippen LogP contribution is -2.29. The number of nitrogens with zero attached hydrogens (tertiary/aromatic N) is 2. The molecule has 0 aliphatic heterocycles. The first-order valence-corrected chi connectivity index (χ1v) is 5.45. The van der Waals surface area contributed by atoms with Crippen LogP contribution in [0.3, 0.4) is 0 Å². The second kappa shape index (κ2) is 6.95. The van der Waals surface area contributed by atoms with E-state index in [9.17, 15) is 4.79 Å². The van der Waals surface area contributed by atoms with Crippen molar-refractivity contribution in [3.63, 3.8) is 0 Å². The Hall–Kier alpha value is -1.42. The lowest BCUT2D eigenvalue weighted by atomic mass is 10.2. The molecule has 0 bridgehead atoms. The van der Waals surface area contributed by atoms with Gasteiger partial charge in [-0.15, -0.1) is 0 Å². The van der Waals surface area contributed by atoms with E-state index in [1.54, 1.807) is 6.20 Å². The Balaban J connectivity index is 2.25. The van der Waals surface area contributed by atoms with Gasteiger partial charge in [-0.2, -0.15) is 0 Å². The monoisotopic (exact) mass is 222 g/mol. The maximum atomic E-state index is 11.2. The topological polar surface area (TPSA) is 42.4 Å². The second-order valence-corrected chi connectivity index (χ2v) is 3.65. The van der Waals surface area contributed by atoms with Crippen LogP contribution in [-0.2, 0) is 16.0 Å². The molecule has 0 atom stereocenters. The number of carbonyl (C=O) groups is 1.